The zero-order chi connectivity index (χ0) is 15.9. The van der Waals surface area contributed by atoms with E-state index in [1.54, 1.807) is 11.9 Å². The van der Waals surface area contributed by atoms with E-state index >= 15 is 0 Å². The highest BCUT2D eigenvalue weighted by molar-refractivity contribution is 7.98. The molecule has 0 bridgehead atoms. The molecule has 22 heavy (non-hydrogen) atoms. The van der Waals surface area contributed by atoms with Crippen LogP contribution in [-0.4, -0.2) is 41.4 Å². The van der Waals surface area contributed by atoms with Crippen molar-refractivity contribution in [2.45, 2.75) is 63.8 Å². The van der Waals surface area contributed by atoms with Crippen LogP contribution in [0.3, 0.4) is 0 Å². The fraction of sp³-hybridized carbons (Fsp3) is 0.706. The third-order valence-electron chi connectivity index (χ3n) is 4.15. The first-order valence-corrected chi connectivity index (χ1v) is 9.30. The van der Waals surface area contributed by atoms with Gasteiger partial charge in [-0.2, -0.15) is 0 Å². The lowest BCUT2D eigenvalue weighted by atomic mass is 10.0. The summed E-state index contributed by atoms with van der Waals surface area (Å²) in [6.07, 6.45) is 10.5. The Bertz CT molecular complexity index is 426. The number of hydrogen-bond donors (Lipinski definition) is 2. The number of rotatable bonds is 5. The lowest BCUT2D eigenvalue weighted by Crippen LogP contribution is -2.49. The van der Waals surface area contributed by atoms with Crippen molar-refractivity contribution in [2.24, 2.45) is 0 Å². The largest absolute Gasteiger partial charge is 0.331 e. The molecule has 0 aromatic heterocycles. The van der Waals surface area contributed by atoms with Crippen molar-refractivity contribution >= 4 is 18.0 Å². The van der Waals surface area contributed by atoms with Crippen molar-refractivity contribution in [3.63, 3.8) is 0 Å². The van der Waals surface area contributed by atoms with E-state index in [0.29, 0.717) is 11.3 Å². The van der Waals surface area contributed by atoms with Gasteiger partial charge in [0.25, 0.3) is 0 Å². The van der Waals surface area contributed by atoms with Gasteiger partial charge in [-0.05, 0) is 25.7 Å². The van der Waals surface area contributed by atoms with Gasteiger partial charge in [0.2, 0.25) is 0 Å². The summed E-state index contributed by atoms with van der Waals surface area (Å²) >= 11 is 1.79. The van der Waals surface area contributed by atoms with Crippen LogP contribution < -0.4 is 10.0 Å². The third-order valence-corrected chi connectivity index (χ3v) is 5.09. The van der Waals surface area contributed by atoms with E-state index in [0.717, 1.165) is 38.8 Å². The minimum Gasteiger partial charge on any atom is -0.331 e. The Morgan fingerprint density at radius 3 is 2.68 bits per heavy atom. The molecule has 5 heteroatoms. The van der Waals surface area contributed by atoms with Crippen molar-refractivity contribution in [3.8, 4) is 0 Å². The van der Waals surface area contributed by atoms with E-state index < -0.39 is 0 Å². The maximum atomic E-state index is 12.3. The summed E-state index contributed by atoms with van der Waals surface area (Å²) < 4.78 is 3.51. The van der Waals surface area contributed by atoms with Crippen LogP contribution in [0.1, 0.15) is 46.5 Å². The minimum atomic E-state index is 0.0814. The number of piperidine rings is 1. The summed E-state index contributed by atoms with van der Waals surface area (Å²) in [5, 5.41) is 3.73. The molecule has 124 valence electrons. The molecule has 0 spiro atoms. The van der Waals surface area contributed by atoms with Gasteiger partial charge >= 0.3 is 6.03 Å². The number of carbonyl (C=O) groups excluding carboxylic acids is 1. The number of likely N-dealkylation sites (tertiary alicyclic amines) is 1. The molecule has 2 N–H and O–H groups in total. The second-order valence-electron chi connectivity index (χ2n) is 6.33. The predicted octanol–water partition coefficient (Wildman–Crippen LogP) is 3.47. The highest BCUT2D eigenvalue weighted by atomic mass is 32.2. The first-order chi connectivity index (χ1) is 10.6. The van der Waals surface area contributed by atoms with Crippen molar-refractivity contribution in [1.29, 1.82) is 0 Å². The summed E-state index contributed by atoms with van der Waals surface area (Å²) in [6, 6.07) is 0.758. The first-order valence-electron chi connectivity index (χ1n) is 8.42. The Kier molecular flexibility index (Phi) is 6.83. The molecule has 2 aliphatic rings. The van der Waals surface area contributed by atoms with E-state index in [4.69, 9.17) is 0 Å². The summed E-state index contributed by atoms with van der Waals surface area (Å²) in [7, 11) is 0. The van der Waals surface area contributed by atoms with Gasteiger partial charge in [-0.25, -0.2) is 4.79 Å². The second kappa shape index (κ2) is 8.63. The standard InChI is InChI=1S/C17H29N3OS/c1-4-14-5-7-15(8-6-14)18-17(21)20-11-9-16(10-12-20)19-22-13(2)3/h5-7,13,15-16,19H,4,8-12H2,1-3H3,(H,18,21). The van der Waals surface area contributed by atoms with Crippen LogP contribution in [0, 0.1) is 0 Å². The molecule has 0 saturated carbocycles. The van der Waals surface area contributed by atoms with Crippen LogP contribution in [0.15, 0.2) is 23.8 Å². The Labute approximate surface area is 138 Å². The SMILES string of the molecule is CCC1=CCC(NC(=O)N2CCC(NSC(C)C)CC2)C=C1. The predicted molar refractivity (Wildman–Crippen MR) is 94.9 cm³/mol. The smallest absolute Gasteiger partial charge is 0.317 e. The van der Waals surface area contributed by atoms with Crippen molar-refractivity contribution < 1.29 is 4.79 Å². The number of urea groups is 1. The molecule has 1 heterocycles. The lowest BCUT2D eigenvalue weighted by molar-refractivity contribution is 0.178. The summed E-state index contributed by atoms with van der Waals surface area (Å²) in [6.45, 7) is 8.22. The monoisotopic (exact) mass is 323 g/mol. The summed E-state index contributed by atoms with van der Waals surface area (Å²) in [5.41, 5.74) is 1.36. The molecule has 0 radical (unpaired) electrons. The zero-order valence-electron chi connectivity index (χ0n) is 14.0. The van der Waals surface area contributed by atoms with Crippen LogP contribution >= 0.6 is 11.9 Å². The van der Waals surface area contributed by atoms with Crippen LogP contribution in [0.5, 0.6) is 0 Å². The Morgan fingerprint density at radius 1 is 1.41 bits per heavy atom. The van der Waals surface area contributed by atoms with Gasteiger partial charge in [-0.15, -0.1) is 0 Å². The average Bonchev–Trinajstić information content (AvgIpc) is 2.54. The Balaban J connectivity index is 1.70. The van der Waals surface area contributed by atoms with E-state index in [-0.39, 0.29) is 12.1 Å². The Hall–Kier alpha value is -0.940. The summed E-state index contributed by atoms with van der Waals surface area (Å²) in [5.74, 6) is 0. The van der Waals surface area contributed by atoms with Crippen LogP contribution in [0.4, 0.5) is 4.79 Å². The molecule has 1 saturated heterocycles. The molecule has 1 aliphatic heterocycles. The number of nitrogens with zero attached hydrogens (tertiary/aromatic N) is 1. The van der Waals surface area contributed by atoms with E-state index in [1.807, 2.05) is 4.90 Å². The number of carbonyl (C=O) groups is 1. The Morgan fingerprint density at radius 2 is 2.14 bits per heavy atom. The molecular formula is C17H29N3OS. The van der Waals surface area contributed by atoms with Gasteiger partial charge < -0.3 is 10.2 Å². The second-order valence-corrected chi connectivity index (χ2v) is 7.74. The summed E-state index contributed by atoms with van der Waals surface area (Å²) in [4.78, 5) is 14.3. The third kappa shape index (κ3) is 5.36. The number of nitrogens with one attached hydrogen (secondary N) is 2. The molecule has 1 fully saturated rings. The van der Waals surface area contributed by atoms with Gasteiger partial charge in [0.05, 0.1) is 6.04 Å². The number of allylic oxidation sites excluding steroid dienone is 2. The highest BCUT2D eigenvalue weighted by Gasteiger charge is 2.24. The quantitative estimate of drug-likeness (QED) is 0.762. The molecule has 1 aliphatic carbocycles. The first kappa shape index (κ1) is 17.4. The van der Waals surface area contributed by atoms with E-state index in [2.05, 4.69) is 49.0 Å². The number of hydrogen-bond acceptors (Lipinski definition) is 3. The fourth-order valence-electron chi connectivity index (χ4n) is 2.72. The average molecular weight is 324 g/mol. The zero-order valence-corrected chi connectivity index (χ0v) is 14.8. The molecule has 2 amide bonds. The molecule has 0 aromatic carbocycles. The van der Waals surface area contributed by atoms with Gasteiger partial charge in [-0.3, -0.25) is 4.72 Å². The van der Waals surface area contributed by atoms with Crippen LogP contribution in [0.2, 0.25) is 0 Å². The molecule has 4 nitrogen and oxygen atoms in total. The topological polar surface area (TPSA) is 44.4 Å². The molecular weight excluding hydrogens is 294 g/mol. The van der Waals surface area contributed by atoms with Gasteiger partial charge in [0, 0.05) is 24.4 Å². The van der Waals surface area contributed by atoms with Gasteiger partial charge in [-0.1, -0.05) is 56.5 Å². The highest BCUT2D eigenvalue weighted by Crippen LogP contribution is 2.16. The van der Waals surface area contributed by atoms with Crippen molar-refractivity contribution in [2.75, 3.05) is 13.1 Å². The molecule has 2 rings (SSSR count). The molecule has 1 unspecified atom stereocenters. The van der Waals surface area contributed by atoms with Gasteiger partial charge in [0.1, 0.15) is 0 Å². The maximum absolute atomic E-state index is 12.3. The number of amides is 2. The lowest BCUT2D eigenvalue weighted by Gasteiger charge is -2.33. The minimum absolute atomic E-state index is 0.0814. The molecule has 1 atom stereocenters. The van der Waals surface area contributed by atoms with Crippen LogP contribution in [0.25, 0.3) is 0 Å². The van der Waals surface area contributed by atoms with Crippen LogP contribution in [-0.2, 0) is 0 Å². The fourth-order valence-corrected chi connectivity index (χ4v) is 3.42. The van der Waals surface area contributed by atoms with E-state index in [9.17, 15) is 4.79 Å². The van der Waals surface area contributed by atoms with Crippen molar-refractivity contribution in [3.05, 3.63) is 23.8 Å². The molecule has 0 aromatic rings. The van der Waals surface area contributed by atoms with Crippen molar-refractivity contribution in [1.82, 2.24) is 14.9 Å². The maximum Gasteiger partial charge on any atom is 0.317 e. The normalized spacial score (nSPS) is 22.8. The van der Waals surface area contributed by atoms with E-state index in [1.165, 1.54) is 5.57 Å². The van der Waals surface area contributed by atoms with Gasteiger partial charge in [0.15, 0.2) is 0 Å².